The number of benzene rings is 3. The first-order valence-electron chi connectivity index (χ1n) is 10.3. The summed E-state index contributed by atoms with van der Waals surface area (Å²) in [5.41, 5.74) is 2.78. The van der Waals surface area contributed by atoms with Crippen LogP contribution in [-0.4, -0.2) is 22.3 Å². The summed E-state index contributed by atoms with van der Waals surface area (Å²) in [7, 11) is 0. The van der Waals surface area contributed by atoms with E-state index in [4.69, 9.17) is 4.74 Å². The second kappa shape index (κ2) is 5.91. The molecular weight excluding hydrogens is 364 g/mol. The number of hydrogen-bond acceptors (Lipinski definition) is 4. The highest BCUT2D eigenvalue weighted by Gasteiger charge is 2.69. The number of esters is 1. The molecule has 0 aromatic heterocycles. The average Bonchev–Trinajstić information content (AvgIpc) is 3.36. The van der Waals surface area contributed by atoms with Gasteiger partial charge in [0.25, 0.3) is 0 Å². The minimum Gasteiger partial charge on any atom is -0.423 e. The van der Waals surface area contributed by atoms with Gasteiger partial charge in [0, 0.05) is 5.41 Å². The molecule has 0 amide bonds. The SMILES string of the molecule is O=C(Oc1ccc2c3c(ccc2c1)[C@]12C[C@H]1C[C@H](O)C2C[C@@H]3O)c1ccccc1. The Labute approximate surface area is 168 Å². The maximum atomic E-state index is 12.4. The zero-order valence-corrected chi connectivity index (χ0v) is 15.9. The first-order valence-corrected chi connectivity index (χ1v) is 10.3. The number of rotatable bonds is 2. The second-order valence-corrected chi connectivity index (χ2v) is 8.77. The van der Waals surface area contributed by atoms with Crippen molar-refractivity contribution in [1.29, 1.82) is 0 Å². The quantitative estimate of drug-likeness (QED) is 0.513. The molecule has 29 heavy (non-hydrogen) atoms. The average molecular weight is 386 g/mol. The van der Waals surface area contributed by atoms with Gasteiger partial charge in [0.05, 0.1) is 17.8 Å². The minimum absolute atomic E-state index is 0.0562. The van der Waals surface area contributed by atoms with Crippen LogP contribution in [0.15, 0.2) is 60.7 Å². The largest absolute Gasteiger partial charge is 0.423 e. The van der Waals surface area contributed by atoms with Crippen LogP contribution < -0.4 is 4.74 Å². The van der Waals surface area contributed by atoms with E-state index in [2.05, 4.69) is 12.1 Å². The van der Waals surface area contributed by atoms with Crippen LogP contribution in [-0.2, 0) is 5.41 Å². The van der Waals surface area contributed by atoms with Crippen molar-refractivity contribution in [2.24, 2.45) is 11.8 Å². The van der Waals surface area contributed by atoms with Gasteiger partial charge in [-0.3, -0.25) is 0 Å². The maximum Gasteiger partial charge on any atom is 0.343 e. The number of ether oxygens (including phenoxy) is 1. The Morgan fingerprint density at radius 1 is 1.00 bits per heavy atom. The van der Waals surface area contributed by atoms with E-state index in [-0.39, 0.29) is 23.4 Å². The van der Waals surface area contributed by atoms with Gasteiger partial charge in [-0.05, 0) is 77.3 Å². The predicted molar refractivity (Wildman–Crippen MR) is 109 cm³/mol. The summed E-state index contributed by atoms with van der Waals surface area (Å²) in [6.45, 7) is 0. The molecule has 0 aliphatic heterocycles. The lowest BCUT2D eigenvalue weighted by Crippen LogP contribution is -2.34. The Hall–Kier alpha value is -2.69. The van der Waals surface area contributed by atoms with Crippen LogP contribution in [0.3, 0.4) is 0 Å². The molecule has 0 radical (unpaired) electrons. The Bertz CT molecular complexity index is 1140. The standard InChI is InChI=1S/C25H22O4/c26-21-11-16-13-25(16)19-9-6-15-10-17(29-24(28)14-4-2-1-3-5-14)7-8-18(15)23(19)22(27)12-20(21)25/h1-10,16,20-22,26-27H,11-13H2/t16-,20?,21+,22+,25+/m1/s1. The molecule has 0 bridgehead atoms. The zero-order chi connectivity index (χ0) is 19.8. The molecule has 146 valence electrons. The molecule has 2 saturated carbocycles. The first-order chi connectivity index (χ1) is 14.1. The lowest BCUT2D eigenvalue weighted by Gasteiger charge is -2.37. The molecule has 0 saturated heterocycles. The van der Waals surface area contributed by atoms with E-state index < -0.39 is 6.10 Å². The van der Waals surface area contributed by atoms with Crippen LogP contribution in [0, 0.1) is 11.8 Å². The number of carbonyl (C=O) groups is 1. The van der Waals surface area contributed by atoms with Crippen molar-refractivity contribution in [3.05, 3.63) is 77.4 Å². The lowest BCUT2D eigenvalue weighted by atomic mass is 9.70. The van der Waals surface area contributed by atoms with Crippen molar-refractivity contribution >= 4 is 16.7 Å². The van der Waals surface area contributed by atoms with E-state index in [9.17, 15) is 15.0 Å². The number of aliphatic hydroxyl groups is 2. The molecule has 1 unspecified atom stereocenters. The van der Waals surface area contributed by atoms with E-state index in [1.165, 1.54) is 5.56 Å². The Morgan fingerprint density at radius 3 is 2.66 bits per heavy atom. The van der Waals surface area contributed by atoms with Crippen molar-refractivity contribution < 1.29 is 19.7 Å². The van der Waals surface area contributed by atoms with Gasteiger partial charge in [0.1, 0.15) is 5.75 Å². The Morgan fingerprint density at radius 2 is 1.83 bits per heavy atom. The summed E-state index contributed by atoms with van der Waals surface area (Å²) in [6.07, 6.45) is 1.72. The fourth-order valence-electron chi connectivity index (χ4n) is 6.05. The van der Waals surface area contributed by atoms with Crippen molar-refractivity contribution in [2.75, 3.05) is 0 Å². The Kier molecular flexibility index (Phi) is 3.50. The smallest absolute Gasteiger partial charge is 0.343 e. The summed E-state index contributed by atoms with van der Waals surface area (Å²) in [4.78, 5) is 12.4. The summed E-state index contributed by atoms with van der Waals surface area (Å²) in [6, 6.07) is 18.7. The number of hydrogen-bond donors (Lipinski definition) is 2. The molecule has 4 nitrogen and oxygen atoms in total. The van der Waals surface area contributed by atoms with Crippen LogP contribution in [0.25, 0.3) is 10.8 Å². The maximum absolute atomic E-state index is 12.4. The van der Waals surface area contributed by atoms with Gasteiger partial charge in [0.15, 0.2) is 0 Å². The molecule has 3 aromatic carbocycles. The van der Waals surface area contributed by atoms with Crippen molar-refractivity contribution in [2.45, 2.75) is 36.9 Å². The summed E-state index contributed by atoms with van der Waals surface area (Å²) in [5, 5.41) is 23.3. The number of aliphatic hydroxyl groups excluding tert-OH is 2. The van der Waals surface area contributed by atoms with Crippen molar-refractivity contribution in [1.82, 2.24) is 0 Å². The van der Waals surface area contributed by atoms with E-state index >= 15 is 0 Å². The molecule has 3 aromatic rings. The van der Waals surface area contributed by atoms with Gasteiger partial charge in [-0.1, -0.05) is 36.4 Å². The van der Waals surface area contributed by atoms with Gasteiger partial charge < -0.3 is 14.9 Å². The van der Waals surface area contributed by atoms with Crippen molar-refractivity contribution in [3.8, 4) is 5.75 Å². The van der Waals surface area contributed by atoms with Crippen LogP contribution in [0.1, 0.15) is 46.9 Å². The van der Waals surface area contributed by atoms with Crippen LogP contribution in [0.4, 0.5) is 0 Å². The Balaban J connectivity index is 1.39. The van der Waals surface area contributed by atoms with Gasteiger partial charge in [-0.2, -0.15) is 0 Å². The van der Waals surface area contributed by atoms with Crippen LogP contribution >= 0.6 is 0 Å². The number of carbonyl (C=O) groups excluding carboxylic acids is 1. The minimum atomic E-state index is -0.573. The zero-order valence-electron chi connectivity index (χ0n) is 15.9. The second-order valence-electron chi connectivity index (χ2n) is 8.77. The molecule has 3 aliphatic rings. The van der Waals surface area contributed by atoms with E-state index in [1.807, 2.05) is 30.3 Å². The highest BCUT2D eigenvalue weighted by molar-refractivity contribution is 5.93. The summed E-state index contributed by atoms with van der Waals surface area (Å²) < 4.78 is 5.56. The third-order valence-electron chi connectivity index (χ3n) is 7.37. The highest BCUT2D eigenvalue weighted by atomic mass is 16.5. The molecule has 3 aliphatic carbocycles. The first kappa shape index (κ1) is 17.2. The van der Waals surface area contributed by atoms with E-state index in [0.717, 1.165) is 29.2 Å². The molecule has 4 heteroatoms. The lowest BCUT2D eigenvalue weighted by molar-refractivity contribution is 0.0489. The molecule has 5 atom stereocenters. The predicted octanol–water partition coefficient (Wildman–Crippen LogP) is 4.13. The number of fused-ring (bicyclic) bond motifs is 3. The molecule has 0 heterocycles. The van der Waals surface area contributed by atoms with Gasteiger partial charge in [0.2, 0.25) is 0 Å². The normalized spacial score (nSPS) is 31.7. The fraction of sp³-hybridized carbons (Fsp3) is 0.320. The van der Waals surface area contributed by atoms with Gasteiger partial charge >= 0.3 is 5.97 Å². The van der Waals surface area contributed by atoms with Crippen molar-refractivity contribution in [3.63, 3.8) is 0 Å². The van der Waals surface area contributed by atoms with E-state index in [0.29, 0.717) is 23.7 Å². The third-order valence-corrected chi connectivity index (χ3v) is 7.37. The molecule has 2 fully saturated rings. The summed E-state index contributed by atoms with van der Waals surface area (Å²) >= 11 is 0. The fourth-order valence-corrected chi connectivity index (χ4v) is 6.05. The molecular formula is C25H22O4. The topological polar surface area (TPSA) is 66.8 Å². The monoisotopic (exact) mass is 386 g/mol. The van der Waals surface area contributed by atoms with Gasteiger partial charge in [-0.25, -0.2) is 4.79 Å². The molecule has 1 spiro atoms. The molecule has 2 N–H and O–H groups in total. The van der Waals surface area contributed by atoms with Gasteiger partial charge in [-0.15, -0.1) is 0 Å². The highest BCUT2D eigenvalue weighted by Crippen LogP contribution is 2.71. The third kappa shape index (κ3) is 2.36. The van der Waals surface area contributed by atoms with E-state index in [1.54, 1.807) is 18.2 Å². The molecule has 6 rings (SSSR count). The van der Waals surface area contributed by atoms with Crippen LogP contribution in [0.5, 0.6) is 5.75 Å². The summed E-state index contributed by atoms with van der Waals surface area (Å²) in [5.74, 6) is 0.814. The van der Waals surface area contributed by atoms with Crippen LogP contribution in [0.2, 0.25) is 0 Å².